The van der Waals surface area contributed by atoms with Crippen molar-refractivity contribution in [1.82, 2.24) is 0 Å². The van der Waals surface area contributed by atoms with Crippen LogP contribution < -0.4 is 10.4 Å². The van der Waals surface area contributed by atoms with Crippen LogP contribution in [0, 0.1) is 19.8 Å². The summed E-state index contributed by atoms with van der Waals surface area (Å²) < 4.78 is 0. The minimum atomic E-state index is 0.106. The number of rotatable bonds is 4. The predicted molar refractivity (Wildman–Crippen MR) is 71.4 cm³/mol. The van der Waals surface area contributed by atoms with Crippen LogP contribution in [-0.2, 0) is 0 Å². The van der Waals surface area contributed by atoms with Gasteiger partial charge in [0.2, 0.25) is 0 Å². The zero-order valence-corrected chi connectivity index (χ0v) is 11.9. The molecule has 3 heteroatoms. The van der Waals surface area contributed by atoms with Crippen LogP contribution in [0.15, 0.2) is 12.1 Å². The van der Waals surface area contributed by atoms with E-state index in [1.54, 1.807) is 0 Å². The third kappa shape index (κ3) is 3.41. The van der Waals surface area contributed by atoms with Crippen molar-refractivity contribution in [3.05, 3.63) is 23.3 Å². The Balaban J connectivity index is 2.74. The Morgan fingerprint density at radius 3 is 2.50 bits per heavy atom. The number of anilines is 1. The molecule has 1 aromatic rings. The number of halogens is 1. The van der Waals surface area contributed by atoms with Crippen molar-refractivity contribution in [2.75, 3.05) is 11.9 Å². The number of hydrogen-bond acceptors (Lipinski definition) is 2. The summed E-state index contributed by atoms with van der Waals surface area (Å²) in [5.74, 6) is 0.655. The maximum atomic E-state index is 11.8. The van der Waals surface area contributed by atoms with Gasteiger partial charge in [0.05, 0.1) is 0 Å². The van der Waals surface area contributed by atoms with Crippen molar-refractivity contribution < 1.29 is 5.11 Å². The van der Waals surface area contributed by atoms with Crippen molar-refractivity contribution in [3.8, 4) is 5.75 Å². The van der Waals surface area contributed by atoms with E-state index in [1.807, 2.05) is 26.0 Å². The summed E-state index contributed by atoms with van der Waals surface area (Å²) in [5, 5.41) is 15.0. The zero-order valence-electron chi connectivity index (χ0n) is 10.3. The second-order valence-electron chi connectivity index (χ2n) is 4.60. The monoisotopic (exact) mass is 284 g/mol. The molecule has 0 heterocycles. The molecule has 0 saturated carbocycles. The van der Waals surface area contributed by atoms with Gasteiger partial charge in [0.25, 0.3) is 0 Å². The number of hydrogen-bond donors (Lipinski definition) is 1. The first-order valence-electron chi connectivity index (χ1n) is 5.58. The van der Waals surface area contributed by atoms with Crippen molar-refractivity contribution in [3.63, 3.8) is 0 Å². The Kier molecular flexibility index (Phi) is 4.66. The summed E-state index contributed by atoms with van der Waals surface area (Å²) in [5.41, 5.74) is 2.64. The van der Waals surface area contributed by atoms with E-state index in [9.17, 15) is 5.11 Å². The second kappa shape index (κ2) is 5.58. The largest absolute Gasteiger partial charge is 0.871 e. The molecule has 0 fully saturated rings. The Labute approximate surface area is 106 Å². The first kappa shape index (κ1) is 13.4. The third-order valence-corrected chi connectivity index (χ3v) is 4.01. The van der Waals surface area contributed by atoms with Crippen LogP contribution in [0.5, 0.6) is 5.75 Å². The normalized spacial score (nSPS) is 12.9. The number of alkyl halides is 1. The van der Waals surface area contributed by atoms with E-state index in [1.165, 1.54) is 0 Å². The van der Waals surface area contributed by atoms with Crippen LogP contribution in [0.3, 0.4) is 0 Å². The van der Waals surface area contributed by atoms with Crippen LogP contribution in [0.4, 0.5) is 5.69 Å². The topological polar surface area (TPSA) is 35.1 Å². The number of aryl methyl sites for hydroxylation is 2. The summed E-state index contributed by atoms with van der Waals surface area (Å²) in [6, 6.07) is 3.83. The van der Waals surface area contributed by atoms with E-state index in [4.69, 9.17) is 0 Å². The first-order chi connectivity index (χ1) is 7.41. The molecular formula is C13H19BrNO-. The molecule has 1 unspecified atom stereocenters. The highest BCUT2D eigenvalue weighted by Crippen LogP contribution is 2.26. The maximum Gasteiger partial charge on any atom is 0.0341 e. The van der Waals surface area contributed by atoms with E-state index in [0.29, 0.717) is 16.4 Å². The minimum absolute atomic E-state index is 0.106. The Morgan fingerprint density at radius 2 is 1.94 bits per heavy atom. The van der Waals surface area contributed by atoms with Gasteiger partial charge in [0, 0.05) is 17.1 Å². The van der Waals surface area contributed by atoms with E-state index >= 15 is 0 Å². The summed E-state index contributed by atoms with van der Waals surface area (Å²) >= 11 is 3.60. The summed E-state index contributed by atoms with van der Waals surface area (Å²) in [4.78, 5) is 0.382. The van der Waals surface area contributed by atoms with Gasteiger partial charge in [0.15, 0.2) is 0 Å². The lowest BCUT2D eigenvalue weighted by atomic mass is 10.1. The average molecular weight is 285 g/mol. The van der Waals surface area contributed by atoms with Gasteiger partial charge in [-0.05, 0) is 31.4 Å². The van der Waals surface area contributed by atoms with Crippen LogP contribution in [-0.4, -0.2) is 11.4 Å². The lowest BCUT2D eigenvalue weighted by Gasteiger charge is -2.21. The van der Waals surface area contributed by atoms with E-state index in [0.717, 1.165) is 17.7 Å². The molecule has 1 atom stereocenters. The molecule has 0 radical (unpaired) electrons. The molecule has 16 heavy (non-hydrogen) atoms. The smallest absolute Gasteiger partial charge is 0.0341 e. The summed E-state index contributed by atoms with van der Waals surface area (Å²) in [6.45, 7) is 8.94. The molecular weight excluding hydrogens is 266 g/mol. The predicted octanol–water partition coefficient (Wildman–Crippen LogP) is 3.21. The van der Waals surface area contributed by atoms with Crippen molar-refractivity contribution in [2.45, 2.75) is 32.5 Å². The highest BCUT2D eigenvalue weighted by atomic mass is 79.9. The van der Waals surface area contributed by atoms with Gasteiger partial charge in [-0.1, -0.05) is 47.2 Å². The zero-order chi connectivity index (χ0) is 12.3. The summed E-state index contributed by atoms with van der Waals surface area (Å²) in [6.07, 6.45) is 0. The number of benzene rings is 1. The van der Waals surface area contributed by atoms with E-state index < -0.39 is 0 Å². The first-order valence-corrected chi connectivity index (χ1v) is 6.49. The van der Waals surface area contributed by atoms with Gasteiger partial charge in [-0.15, -0.1) is 0 Å². The van der Waals surface area contributed by atoms with E-state index in [-0.39, 0.29) is 5.75 Å². The van der Waals surface area contributed by atoms with Gasteiger partial charge in [-0.25, -0.2) is 0 Å². The van der Waals surface area contributed by atoms with Crippen molar-refractivity contribution >= 4 is 21.6 Å². The molecule has 0 bridgehead atoms. The lowest BCUT2D eigenvalue weighted by Crippen LogP contribution is -2.19. The maximum absolute atomic E-state index is 11.8. The van der Waals surface area contributed by atoms with Crippen LogP contribution in [0.25, 0.3) is 0 Å². The molecule has 0 spiro atoms. The highest BCUT2D eigenvalue weighted by molar-refractivity contribution is 9.09. The second-order valence-corrected chi connectivity index (χ2v) is 5.78. The van der Waals surface area contributed by atoms with Crippen LogP contribution in [0.2, 0.25) is 0 Å². The van der Waals surface area contributed by atoms with E-state index in [2.05, 4.69) is 35.1 Å². The summed E-state index contributed by atoms with van der Waals surface area (Å²) in [7, 11) is 0. The van der Waals surface area contributed by atoms with Gasteiger partial charge in [-0.2, -0.15) is 0 Å². The standard InChI is InChI=1S/C13H20BrNO/c1-8(2)11(14)7-15-12-6-9(3)5-10(4)13(12)16/h5-6,8,11,15-16H,7H2,1-4H3/p-1. The molecule has 2 nitrogen and oxygen atoms in total. The highest BCUT2D eigenvalue weighted by Gasteiger charge is 2.08. The van der Waals surface area contributed by atoms with Gasteiger partial charge in [0.1, 0.15) is 0 Å². The number of nitrogens with one attached hydrogen (secondary N) is 1. The van der Waals surface area contributed by atoms with Gasteiger partial charge >= 0.3 is 0 Å². The average Bonchev–Trinajstić information content (AvgIpc) is 2.20. The molecule has 0 aliphatic carbocycles. The SMILES string of the molecule is Cc1cc(C)c([O-])c(NCC(Br)C(C)C)c1. The van der Waals surface area contributed by atoms with Crippen molar-refractivity contribution in [2.24, 2.45) is 5.92 Å². The quantitative estimate of drug-likeness (QED) is 0.862. The Bertz CT molecular complexity index is 363. The molecule has 1 rings (SSSR count). The molecule has 0 aromatic heterocycles. The molecule has 0 saturated heterocycles. The fraction of sp³-hybridized carbons (Fsp3) is 0.538. The fourth-order valence-corrected chi connectivity index (χ4v) is 1.69. The molecule has 0 aliphatic rings. The third-order valence-electron chi connectivity index (χ3n) is 2.63. The Morgan fingerprint density at radius 1 is 1.31 bits per heavy atom. The Hall–Kier alpha value is -0.700. The lowest BCUT2D eigenvalue weighted by molar-refractivity contribution is -0.268. The molecule has 90 valence electrons. The van der Waals surface area contributed by atoms with Gasteiger partial charge in [-0.3, -0.25) is 0 Å². The fourth-order valence-electron chi connectivity index (χ4n) is 1.53. The van der Waals surface area contributed by atoms with Gasteiger partial charge < -0.3 is 10.4 Å². The van der Waals surface area contributed by atoms with Crippen LogP contribution >= 0.6 is 15.9 Å². The minimum Gasteiger partial charge on any atom is -0.871 e. The molecule has 1 N–H and O–H groups in total. The molecule has 0 aliphatic heterocycles. The molecule has 1 aromatic carbocycles. The molecule has 0 amide bonds. The van der Waals surface area contributed by atoms with Crippen molar-refractivity contribution in [1.29, 1.82) is 0 Å². The van der Waals surface area contributed by atoms with Crippen LogP contribution in [0.1, 0.15) is 25.0 Å².